The van der Waals surface area contributed by atoms with E-state index in [0.717, 1.165) is 25.7 Å². The molecule has 0 radical (unpaired) electrons. The molecular weight excluding hydrogens is 1580 g/mol. The van der Waals surface area contributed by atoms with Gasteiger partial charge in [-0.05, 0) is 110 Å². The molecule has 14 atom stereocenters. The Morgan fingerprint density at radius 3 is 1.65 bits per heavy atom. The van der Waals surface area contributed by atoms with E-state index in [-0.39, 0.29) is 76.4 Å². The van der Waals surface area contributed by atoms with Crippen LogP contribution >= 0.6 is 0 Å². The average molecular weight is 1720 g/mol. The standard InChI is InChI=1S/C88H143N11O23/c1-15-61(8)78(72(111-13)55-74(101)99-38-24-30-71(99)80(112-14)62(9)81(103)92-63(10)79(102)65-25-19-18-20-26-65)97(11)85(107)76(59(4)5)96-84(106)77(60(6)7)98(12)88(110)122-56-64-31-33-66(34-32-64)93-82(104)70(29-23-36-90-86(89)108)94-83(105)75(58(2)3)95-73(100)35-39-113-41-43-115-45-47-117-49-51-119-53-54-120-52-50-118-48-46-116-44-42-114-40-37-91-87(109)121-57-69-67-27-21-16-17-22-28-68(67)69/h18-20,25-26,31-34,58-63,67-72,75-80,102H,15,21-24,27-30,35-57H2,1-14H3,(H,91,109)(H,92,103)(H,93,104)(H,94,105)(H,95,100)(H,96,106)(H3,89,90,108)/t61-,62+,63+,67?,68?,69?,70-,71-,72?,75-,76-,77-,78-,79+,80+/m0/s1. The van der Waals surface area contributed by atoms with E-state index in [0.29, 0.717) is 159 Å². The van der Waals surface area contributed by atoms with Gasteiger partial charge in [-0.3, -0.25) is 38.5 Å². The monoisotopic (exact) mass is 1720 g/mol. The van der Waals surface area contributed by atoms with Gasteiger partial charge in [0.2, 0.25) is 41.4 Å². The number of hydrogen-bond donors (Lipinski definition) is 9. The number of aliphatic hydroxyl groups excluding tert-OH is 1. The Kier molecular flexibility index (Phi) is 49.5. The first-order valence-electron chi connectivity index (χ1n) is 43.4. The molecule has 1 saturated heterocycles. The van der Waals surface area contributed by atoms with Gasteiger partial charge >= 0.3 is 18.2 Å². The SMILES string of the molecule is CC[C@H](C)[C@@H](C(CC(=O)N1CCC[C@H]1[C@H](OC)[C@@H](C)C(=O)N[C@H](C)[C@@H](O)c1ccccc1)OC)N(C)C(=O)[C@@H](NC(=O)[C@H](C(C)C)N(C)C(=O)OCc1ccc(NC(=O)[C@H](CCCNC(N)=O)NC(=O)[C@@H](NC(=O)CCOCCOCCOCCOCCOCCOCCOCCOCCNC(=O)OCC2C3CCC#CCCC32)C(C)C)cc1)C(C)C. The van der Waals surface area contributed by atoms with Crippen LogP contribution in [0.4, 0.5) is 20.1 Å². The highest BCUT2D eigenvalue weighted by Crippen LogP contribution is 2.52. The minimum absolute atomic E-state index is 0.0523. The van der Waals surface area contributed by atoms with Crippen molar-refractivity contribution in [1.82, 2.24) is 46.6 Å². The fraction of sp³-hybridized carbons (Fsp3) is 0.727. The van der Waals surface area contributed by atoms with Gasteiger partial charge in [-0.1, -0.05) is 111 Å². The van der Waals surface area contributed by atoms with Crippen LogP contribution in [-0.4, -0.2) is 294 Å². The first kappa shape index (κ1) is 104. The van der Waals surface area contributed by atoms with Gasteiger partial charge in [-0.25, -0.2) is 14.4 Å². The van der Waals surface area contributed by atoms with E-state index in [1.54, 1.807) is 109 Å². The van der Waals surface area contributed by atoms with Crippen molar-refractivity contribution >= 4 is 65.3 Å². The lowest BCUT2D eigenvalue weighted by atomic mass is 9.89. The van der Waals surface area contributed by atoms with Crippen LogP contribution in [0.15, 0.2) is 54.6 Å². The van der Waals surface area contributed by atoms with E-state index in [1.165, 1.54) is 26.2 Å². The van der Waals surface area contributed by atoms with Crippen LogP contribution < -0.4 is 43.0 Å². The van der Waals surface area contributed by atoms with Crippen molar-refractivity contribution in [1.29, 1.82) is 0 Å². The van der Waals surface area contributed by atoms with Crippen LogP contribution in [0.2, 0.25) is 0 Å². The number of likely N-dealkylation sites (N-methyl/N-ethyl adjacent to an activating group) is 2. The number of alkyl carbamates (subject to hydrolysis) is 1. The molecule has 11 amide bonds. The third-order valence-corrected chi connectivity index (χ3v) is 22.4. The quantitative estimate of drug-likeness (QED) is 0.0260. The minimum atomic E-state index is -1.13. The van der Waals surface area contributed by atoms with Crippen molar-refractivity contribution in [2.75, 3.05) is 166 Å². The van der Waals surface area contributed by atoms with Gasteiger partial charge in [-0.15, -0.1) is 11.8 Å². The Balaban J connectivity index is 0.964. The molecule has 10 N–H and O–H groups in total. The van der Waals surface area contributed by atoms with Crippen LogP contribution in [0.5, 0.6) is 0 Å². The van der Waals surface area contributed by atoms with E-state index >= 15 is 0 Å². The lowest BCUT2D eigenvalue weighted by Gasteiger charge is -2.41. The number of aliphatic hydroxyl groups is 1. The van der Waals surface area contributed by atoms with Gasteiger partial charge in [0.05, 0.1) is 161 Å². The summed E-state index contributed by atoms with van der Waals surface area (Å²) < 4.78 is 67.7. The van der Waals surface area contributed by atoms with Crippen LogP contribution in [0.1, 0.15) is 157 Å². The predicted molar refractivity (Wildman–Crippen MR) is 456 cm³/mol. The summed E-state index contributed by atoms with van der Waals surface area (Å²) in [5.74, 6) is 2.74. The number of fused-ring (bicyclic) bond motifs is 1. The number of carbonyl (C=O) groups excluding carboxylic acids is 10. The van der Waals surface area contributed by atoms with E-state index in [9.17, 15) is 53.1 Å². The Morgan fingerprint density at radius 1 is 0.582 bits per heavy atom. The third-order valence-electron chi connectivity index (χ3n) is 22.4. The smallest absolute Gasteiger partial charge is 0.410 e. The Bertz CT molecular complexity index is 3480. The number of nitrogens with two attached hydrogens (primary N) is 1. The number of amides is 11. The third kappa shape index (κ3) is 37.2. The van der Waals surface area contributed by atoms with Crippen LogP contribution in [0.3, 0.4) is 0 Å². The second-order valence-electron chi connectivity index (χ2n) is 32.4. The number of likely N-dealkylation sites (tertiary alicyclic amines) is 1. The second-order valence-corrected chi connectivity index (χ2v) is 32.4. The fourth-order valence-corrected chi connectivity index (χ4v) is 15.2. The van der Waals surface area contributed by atoms with Gasteiger partial charge < -0.3 is 115 Å². The topological polar surface area (TPSA) is 422 Å². The minimum Gasteiger partial charge on any atom is -0.449 e. The molecule has 1 saturated carbocycles. The van der Waals surface area contributed by atoms with Crippen molar-refractivity contribution in [3.63, 3.8) is 0 Å². The highest BCUT2D eigenvalue weighted by Gasteiger charge is 2.50. The molecule has 1 aliphatic heterocycles. The van der Waals surface area contributed by atoms with Crippen molar-refractivity contribution in [2.45, 2.75) is 207 Å². The number of urea groups is 1. The van der Waals surface area contributed by atoms with Gasteiger partial charge in [-0.2, -0.15) is 0 Å². The summed E-state index contributed by atoms with van der Waals surface area (Å²) in [6.07, 6.45) is 2.47. The number of carbonyl (C=O) groups is 10. The molecule has 34 nitrogen and oxygen atoms in total. The highest BCUT2D eigenvalue weighted by atomic mass is 16.6. The molecule has 2 aliphatic carbocycles. The van der Waals surface area contributed by atoms with Crippen molar-refractivity contribution in [3.8, 4) is 11.8 Å². The maximum Gasteiger partial charge on any atom is 0.410 e. The summed E-state index contributed by atoms with van der Waals surface area (Å²) in [6, 6.07) is 8.70. The Labute approximate surface area is 721 Å². The Morgan fingerprint density at radius 2 is 1.13 bits per heavy atom. The summed E-state index contributed by atoms with van der Waals surface area (Å²) in [6.45, 7) is 24.8. The lowest BCUT2D eigenvalue weighted by Crippen LogP contribution is -2.60. The number of nitrogens with zero attached hydrogens (tertiary/aromatic N) is 3. The second kappa shape index (κ2) is 58.0. The van der Waals surface area contributed by atoms with Gasteiger partial charge in [0, 0.05) is 72.9 Å². The van der Waals surface area contributed by atoms with Crippen LogP contribution in [0, 0.1) is 59.2 Å². The predicted octanol–water partition coefficient (Wildman–Crippen LogP) is 6.28. The fourth-order valence-electron chi connectivity index (χ4n) is 15.2. The molecule has 34 heteroatoms. The van der Waals surface area contributed by atoms with Crippen molar-refractivity contribution in [3.05, 3.63) is 65.7 Å². The van der Waals surface area contributed by atoms with Gasteiger partial charge in [0.15, 0.2) is 0 Å². The lowest BCUT2D eigenvalue weighted by molar-refractivity contribution is -0.148. The van der Waals surface area contributed by atoms with E-state index < -0.39 is 132 Å². The van der Waals surface area contributed by atoms with E-state index in [4.69, 9.17) is 62.6 Å². The molecule has 122 heavy (non-hydrogen) atoms. The largest absolute Gasteiger partial charge is 0.449 e. The first-order chi connectivity index (χ1) is 58.5. The van der Waals surface area contributed by atoms with Crippen LogP contribution in [0.25, 0.3) is 0 Å². The zero-order valence-corrected chi connectivity index (χ0v) is 74.6. The van der Waals surface area contributed by atoms with Crippen molar-refractivity contribution < 1.29 is 110 Å². The maximum absolute atomic E-state index is 14.9. The molecule has 2 fully saturated rings. The number of benzene rings is 2. The number of nitrogens with one attached hydrogen (secondary N) is 7. The molecule has 3 aliphatic rings. The molecule has 0 aromatic heterocycles. The number of hydrogen-bond acceptors (Lipinski definition) is 23. The molecule has 0 bridgehead atoms. The normalized spacial score (nSPS) is 18.3. The highest BCUT2D eigenvalue weighted by molar-refractivity contribution is 5.98. The molecule has 3 unspecified atom stereocenters. The number of anilines is 1. The molecule has 5 rings (SSSR count). The summed E-state index contributed by atoms with van der Waals surface area (Å²) in [4.78, 5) is 140. The maximum atomic E-state index is 14.9. The zero-order chi connectivity index (χ0) is 89.5. The van der Waals surface area contributed by atoms with Crippen molar-refractivity contribution in [2.24, 2.45) is 53.1 Å². The Hall–Kier alpha value is -8.34. The van der Waals surface area contributed by atoms with E-state index in [1.807, 2.05) is 32.0 Å². The number of ether oxygens (including phenoxy) is 12. The average Bonchev–Trinajstić information content (AvgIpc) is 1.58. The van der Waals surface area contributed by atoms with Gasteiger partial charge in [0.25, 0.3) is 0 Å². The number of methoxy groups -OCH3 is 2. The molecule has 2 aromatic carbocycles. The molecule has 1 heterocycles. The zero-order valence-electron chi connectivity index (χ0n) is 74.6. The molecular formula is C88H143N11O23. The summed E-state index contributed by atoms with van der Waals surface area (Å²) in [5.41, 5.74) is 6.81. The number of rotatable bonds is 61. The summed E-state index contributed by atoms with van der Waals surface area (Å²) in [5, 5.41) is 30.4. The molecule has 688 valence electrons. The summed E-state index contributed by atoms with van der Waals surface area (Å²) in [7, 11) is 6.09. The van der Waals surface area contributed by atoms with Crippen LogP contribution in [-0.2, 0) is 97.0 Å². The first-order valence-corrected chi connectivity index (χ1v) is 43.4. The molecule has 0 spiro atoms. The summed E-state index contributed by atoms with van der Waals surface area (Å²) >= 11 is 0. The van der Waals surface area contributed by atoms with Gasteiger partial charge in [0.1, 0.15) is 30.8 Å². The van der Waals surface area contributed by atoms with E-state index in [2.05, 4.69) is 49.1 Å². The number of primary amides is 1. The molecule has 2 aromatic rings.